The summed E-state index contributed by atoms with van der Waals surface area (Å²) in [6.45, 7) is 10.2. The Morgan fingerprint density at radius 2 is 1.96 bits per heavy atom. The molecule has 2 aromatic rings. The molecule has 1 atom stereocenters. The first kappa shape index (κ1) is 19.5. The van der Waals surface area contributed by atoms with E-state index in [1.54, 1.807) is 11.1 Å². The highest BCUT2D eigenvalue weighted by Gasteiger charge is 2.27. The number of hydrogen-bond donors (Lipinski definition) is 1. The molecule has 25 heavy (non-hydrogen) atoms. The maximum absolute atomic E-state index is 12.5. The van der Waals surface area contributed by atoms with Crippen molar-refractivity contribution in [3.05, 3.63) is 40.8 Å². The molecule has 0 aliphatic carbocycles. The molecule has 5 nitrogen and oxygen atoms in total. The van der Waals surface area contributed by atoms with Gasteiger partial charge in [0, 0.05) is 11.0 Å². The monoisotopic (exact) mass is 407 g/mol. The Kier molecular flexibility index (Phi) is 6.27. The van der Waals surface area contributed by atoms with E-state index < -0.39 is 5.60 Å². The van der Waals surface area contributed by atoms with Crippen LogP contribution in [0.1, 0.15) is 52.9 Å². The molecule has 6 heteroatoms. The number of aromatic amines is 1. The molecule has 2 rings (SSSR count). The van der Waals surface area contributed by atoms with Gasteiger partial charge in [-0.2, -0.15) is 0 Å². The van der Waals surface area contributed by atoms with Gasteiger partial charge in [0.05, 0.1) is 17.9 Å². The number of aromatic nitrogens is 2. The molecule has 1 amide bonds. The predicted molar refractivity (Wildman–Crippen MR) is 103 cm³/mol. The molecule has 0 aliphatic rings. The summed E-state index contributed by atoms with van der Waals surface area (Å²) in [7, 11) is 0. The number of hydrogen-bond acceptors (Lipinski definition) is 3. The molecule has 0 radical (unpaired) electrons. The number of ether oxygens (including phenoxy) is 1. The topological polar surface area (TPSA) is 58.2 Å². The fourth-order valence-electron chi connectivity index (χ4n) is 2.48. The van der Waals surface area contributed by atoms with Crippen molar-refractivity contribution in [2.45, 2.75) is 52.7 Å². The molecule has 1 N–H and O–H groups in total. The standard InChI is InChI=1S/C19H26BrN3O2/c1-6-11-23(18(24)25-19(3,4)5)13(2)17-21-12-16(22-17)14-7-9-15(20)10-8-14/h7-10,12-13H,6,11H2,1-5H3,(H,21,22). The summed E-state index contributed by atoms with van der Waals surface area (Å²) in [6.07, 6.45) is 2.33. The number of benzene rings is 1. The van der Waals surface area contributed by atoms with Gasteiger partial charge in [-0.1, -0.05) is 35.0 Å². The van der Waals surface area contributed by atoms with E-state index in [-0.39, 0.29) is 12.1 Å². The highest BCUT2D eigenvalue weighted by Crippen LogP contribution is 2.25. The van der Waals surface area contributed by atoms with E-state index in [9.17, 15) is 4.79 Å². The first-order valence-corrected chi connectivity index (χ1v) is 9.31. The van der Waals surface area contributed by atoms with E-state index in [2.05, 4.69) is 25.9 Å². The zero-order chi connectivity index (χ0) is 18.6. The second-order valence-electron chi connectivity index (χ2n) is 7.04. The van der Waals surface area contributed by atoms with Gasteiger partial charge in [-0.15, -0.1) is 0 Å². The predicted octanol–water partition coefficient (Wildman–Crippen LogP) is 5.55. The highest BCUT2D eigenvalue weighted by molar-refractivity contribution is 9.10. The zero-order valence-electron chi connectivity index (χ0n) is 15.5. The Bertz CT molecular complexity index is 704. The Labute approximate surface area is 157 Å². The van der Waals surface area contributed by atoms with Crippen LogP contribution in [0, 0.1) is 0 Å². The molecule has 0 bridgehead atoms. The lowest BCUT2D eigenvalue weighted by Gasteiger charge is -2.30. The minimum Gasteiger partial charge on any atom is -0.444 e. The highest BCUT2D eigenvalue weighted by atomic mass is 79.9. The third kappa shape index (κ3) is 5.33. The lowest BCUT2D eigenvalue weighted by atomic mass is 10.2. The third-order valence-corrected chi connectivity index (χ3v) is 4.24. The van der Waals surface area contributed by atoms with Gasteiger partial charge in [0.1, 0.15) is 11.4 Å². The van der Waals surface area contributed by atoms with Crippen LogP contribution in [-0.2, 0) is 4.74 Å². The number of nitrogens with one attached hydrogen (secondary N) is 1. The van der Waals surface area contributed by atoms with Crippen LogP contribution in [0.2, 0.25) is 0 Å². The van der Waals surface area contributed by atoms with E-state index in [0.29, 0.717) is 6.54 Å². The first-order valence-electron chi connectivity index (χ1n) is 8.51. The summed E-state index contributed by atoms with van der Waals surface area (Å²) < 4.78 is 6.57. The number of amides is 1. The van der Waals surface area contributed by atoms with E-state index in [0.717, 1.165) is 28.0 Å². The van der Waals surface area contributed by atoms with Gasteiger partial charge in [0.15, 0.2) is 0 Å². The van der Waals surface area contributed by atoms with Crippen LogP contribution in [0.25, 0.3) is 11.3 Å². The number of nitrogens with zero attached hydrogens (tertiary/aromatic N) is 2. The van der Waals surface area contributed by atoms with E-state index >= 15 is 0 Å². The minimum atomic E-state index is -0.519. The van der Waals surface area contributed by atoms with E-state index in [1.165, 1.54) is 0 Å². The number of carbonyl (C=O) groups excluding carboxylic acids is 1. The number of halogens is 1. The van der Waals surface area contributed by atoms with Gasteiger partial charge in [-0.3, -0.25) is 4.90 Å². The Morgan fingerprint density at radius 1 is 1.32 bits per heavy atom. The van der Waals surface area contributed by atoms with Gasteiger partial charge in [-0.25, -0.2) is 9.78 Å². The van der Waals surface area contributed by atoms with Crippen molar-refractivity contribution in [1.82, 2.24) is 14.9 Å². The average molecular weight is 408 g/mol. The summed E-state index contributed by atoms with van der Waals surface area (Å²) in [5.41, 5.74) is 1.46. The van der Waals surface area contributed by atoms with Crippen molar-refractivity contribution in [2.75, 3.05) is 6.54 Å². The number of H-pyrrole nitrogens is 1. The van der Waals surface area contributed by atoms with Gasteiger partial charge in [0.2, 0.25) is 0 Å². The third-order valence-electron chi connectivity index (χ3n) is 3.71. The van der Waals surface area contributed by atoms with Crippen molar-refractivity contribution in [3.63, 3.8) is 0 Å². The van der Waals surface area contributed by atoms with Crippen molar-refractivity contribution in [3.8, 4) is 11.3 Å². The molecule has 1 aromatic heterocycles. The summed E-state index contributed by atoms with van der Waals surface area (Å²) in [6, 6.07) is 7.82. The largest absolute Gasteiger partial charge is 0.444 e. The van der Waals surface area contributed by atoms with Crippen molar-refractivity contribution in [1.29, 1.82) is 0 Å². The summed E-state index contributed by atoms with van der Waals surface area (Å²) in [4.78, 5) is 22.1. The molecule has 1 aromatic carbocycles. The Morgan fingerprint density at radius 3 is 2.52 bits per heavy atom. The summed E-state index contributed by atoms with van der Waals surface area (Å²) >= 11 is 3.44. The molecule has 0 aliphatic heterocycles. The molecular formula is C19H26BrN3O2. The van der Waals surface area contributed by atoms with Gasteiger partial charge < -0.3 is 9.72 Å². The van der Waals surface area contributed by atoms with Crippen LogP contribution in [0.3, 0.4) is 0 Å². The number of rotatable bonds is 5. The lowest BCUT2D eigenvalue weighted by Crippen LogP contribution is -2.39. The molecular weight excluding hydrogens is 382 g/mol. The van der Waals surface area contributed by atoms with Gasteiger partial charge in [0.25, 0.3) is 0 Å². The quantitative estimate of drug-likeness (QED) is 0.706. The van der Waals surface area contributed by atoms with Crippen molar-refractivity contribution < 1.29 is 9.53 Å². The fourth-order valence-corrected chi connectivity index (χ4v) is 2.74. The van der Waals surface area contributed by atoms with Crippen molar-refractivity contribution in [2.24, 2.45) is 0 Å². The van der Waals surface area contributed by atoms with Gasteiger partial charge in [-0.05, 0) is 51.8 Å². The average Bonchev–Trinajstić information content (AvgIpc) is 3.01. The SMILES string of the molecule is CCCN(C(=O)OC(C)(C)C)C(C)c1ncc(-c2ccc(Br)cc2)[nH]1. The normalized spacial score (nSPS) is 12.7. The van der Waals surface area contributed by atoms with Crippen LogP contribution >= 0.6 is 15.9 Å². The molecule has 0 fully saturated rings. The van der Waals surface area contributed by atoms with Crippen LogP contribution in [-0.4, -0.2) is 33.1 Å². The molecule has 0 saturated carbocycles. The van der Waals surface area contributed by atoms with E-state index in [4.69, 9.17) is 4.74 Å². The van der Waals surface area contributed by atoms with E-state index in [1.807, 2.05) is 58.9 Å². The lowest BCUT2D eigenvalue weighted by molar-refractivity contribution is 0.0166. The van der Waals surface area contributed by atoms with Crippen LogP contribution < -0.4 is 0 Å². The van der Waals surface area contributed by atoms with Crippen LogP contribution in [0.15, 0.2) is 34.9 Å². The van der Waals surface area contributed by atoms with Crippen molar-refractivity contribution >= 4 is 22.0 Å². The molecule has 1 unspecified atom stereocenters. The maximum Gasteiger partial charge on any atom is 0.410 e. The second kappa shape index (κ2) is 8.04. The molecule has 0 spiro atoms. The number of carbonyl (C=O) groups is 1. The maximum atomic E-state index is 12.5. The Hall–Kier alpha value is -1.82. The summed E-state index contributed by atoms with van der Waals surface area (Å²) in [5, 5.41) is 0. The summed E-state index contributed by atoms with van der Waals surface area (Å²) in [5.74, 6) is 0.747. The molecule has 136 valence electrons. The minimum absolute atomic E-state index is 0.195. The number of imidazole rings is 1. The van der Waals surface area contributed by atoms with Crippen LogP contribution in [0.5, 0.6) is 0 Å². The van der Waals surface area contributed by atoms with Gasteiger partial charge >= 0.3 is 6.09 Å². The fraction of sp³-hybridized carbons (Fsp3) is 0.474. The molecule has 0 saturated heterocycles. The zero-order valence-corrected chi connectivity index (χ0v) is 17.1. The molecule has 1 heterocycles. The smallest absolute Gasteiger partial charge is 0.410 e. The Balaban J connectivity index is 2.20. The van der Waals surface area contributed by atoms with Crippen LogP contribution in [0.4, 0.5) is 4.79 Å². The first-order chi connectivity index (χ1) is 11.7. The second-order valence-corrected chi connectivity index (χ2v) is 7.95.